The molecule has 0 bridgehead atoms. The van der Waals surface area contributed by atoms with E-state index >= 15 is 0 Å². The Bertz CT molecular complexity index is 248. The molecular weight excluding hydrogens is 186 g/mol. The lowest BCUT2D eigenvalue weighted by Gasteiger charge is -2.24. The molecule has 1 aliphatic rings. The molecule has 1 atom stereocenters. The van der Waals surface area contributed by atoms with Crippen molar-refractivity contribution < 1.29 is 10.0 Å². The van der Waals surface area contributed by atoms with Crippen molar-refractivity contribution in [2.75, 3.05) is 0 Å². The molecule has 74 valence electrons. The van der Waals surface area contributed by atoms with Crippen LogP contribution in [0.3, 0.4) is 0 Å². The van der Waals surface area contributed by atoms with Crippen LogP contribution in [0.2, 0.25) is 0 Å². The van der Waals surface area contributed by atoms with Gasteiger partial charge in [-0.2, -0.15) is 0 Å². The summed E-state index contributed by atoms with van der Waals surface area (Å²) in [7, 11) is 0. The Morgan fingerprint density at radius 2 is 2.31 bits per heavy atom. The lowest BCUT2D eigenvalue weighted by molar-refractivity contribution is -0.114. The summed E-state index contributed by atoms with van der Waals surface area (Å²) < 4.78 is 0. The smallest absolute Gasteiger partial charge is 0.126 e. The highest BCUT2D eigenvalue weighted by Crippen LogP contribution is 2.43. The second-order valence-electron chi connectivity index (χ2n) is 3.97. The highest BCUT2D eigenvalue weighted by molar-refractivity contribution is 8.03. The van der Waals surface area contributed by atoms with E-state index in [1.54, 1.807) is 0 Å². The molecular formula is C9H15NO2S. The molecule has 0 spiro atoms. The van der Waals surface area contributed by atoms with Crippen LogP contribution in [0.1, 0.15) is 27.2 Å². The molecule has 1 rings (SSSR count). The van der Waals surface area contributed by atoms with Gasteiger partial charge in [0.25, 0.3) is 0 Å². The average molecular weight is 201 g/mol. The molecule has 1 unspecified atom stereocenters. The fourth-order valence-electron chi connectivity index (χ4n) is 1.27. The first kappa shape index (κ1) is 10.6. The summed E-state index contributed by atoms with van der Waals surface area (Å²) in [6.45, 7) is 5.81. The van der Waals surface area contributed by atoms with E-state index in [9.17, 15) is 4.79 Å². The highest BCUT2D eigenvalue weighted by Gasteiger charge is 2.35. The van der Waals surface area contributed by atoms with Crippen molar-refractivity contribution >= 4 is 18.0 Å². The first-order valence-electron chi connectivity index (χ1n) is 4.24. The monoisotopic (exact) mass is 201 g/mol. The van der Waals surface area contributed by atoms with E-state index in [0.717, 1.165) is 23.3 Å². The van der Waals surface area contributed by atoms with Crippen molar-refractivity contribution in [3.63, 3.8) is 0 Å². The fourth-order valence-corrected chi connectivity index (χ4v) is 2.58. The number of nitrogens with one attached hydrogen (secondary N) is 1. The summed E-state index contributed by atoms with van der Waals surface area (Å²) in [6, 6.07) is 0. The van der Waals surface area contributed by atoms with Crippen molar-refractivity contribution in [3.8, 4) is 0 Å². The summed E-state index contributed by atoms with van der Waals surface area (Å²) in [5.74, 6) is 0. The summed E-state index contributed by atoms with van der Waals surface area (Å²) in [5, 5.41) is 9.80. The van der Waals surface area contributed by atoms with E-state index in [2.05, 4.69) is 5.48 Å². The van der Waals surface area contributed by atoms with Crippen molar-refractivity contribution in [2.45, 2.75) is 32.4 Å². The van der Waals surface area contributed by atoms with E-state index in [-0.39, 0.29) is 10.7 Å². The molecule has 0 amide bonds. The van der Waals surface area contributed by atoms with Crippen LogP contribution in [0.5, 0.6) is 0 Å². The van der Waals surface area contributed by atoms with Gasteiger partial charge in [0.1, 0.15) is 6.29 Å². The summed E-state index contributed by atoms with van der Waals surface area (Å²) in [6.07, 6.45) is 1.84. The standard InChI is InChI=1S/C9H15NO2S/c1-6-4-7(9(2,3)5-11)13-8(6)10-12/h5,7,10,12H,4H2,1-3H3. The second-order valence-corrected chi connectivity index (χ2v) is 5.18. The largest absolute Gasteiger partial charge is 0.303 e. The van der Waals surface area contributed by atoms with Gasteiger partial charge in [-0.05, 0) is 18.9 Å². The van der Waals surface area contributed by atoms with Crippen LogP contribution in [0.25, 0.3) is 0 Å². The Labute approximate surface area is 82.5 Å². The third-order valence-corrected chi connectivity index (χ3v) is 4.11. The van der Waals surface area contributed by atoms with Gasteiger partial charge in [-0.3, -0.25) is 10.7 Å². The first-order chi connectivity index (χ1) is 6.01. The SMILES string of the molecule is CC1=C(NO)SC(C(C)(C)C=O)C1. The van der Waals surface area contributed by atoms with Gasteiger partial charge in [0, 0.05) is 10.7 Å². The van der Waals surface area contributed by atoms with Gasteiger partial charge in [0.15, 0.2) is 0 Å². The quantitative estimate of drug-likeness (QED) is 0.541. The third kappa shape index (κ3) is 2.06. The zero-order valence-electron chi connectivity index (χ0n) is 8.13. The number of carbonyl (C=O) groups excluding carboxylic acids is 1. The third-order valence-electron chi connectivity index (χ3n) is 2.37. The topological polar surface area (TPSA) is 49.3 Å². The van der Waals surface area contributed by atoms with Crippen LogP contribution in [0.4, 0.5) is 0 Å². The zero-order chi connectivity index (χ0) is 10.1. The van der Waals surface area contributed by atoms with Crippen molar-refractivity contribution in [2.24, 2.45) is 5.41 Å². The molecule has 0 aromatic carbocycles. The molecule has 4 heteroatoms. The number of hydrogen-bond acceptors (Lipinski definition) is 4. The normalized spacial score (nSPS) is 23.5. The number of carbonyl (C=O) groups is 1. The number of hydrogen-bond donors (Lipinski definition) is 2. The number of aldehydes is 1. The molecule has 0 radical (unpaired) electrons. The molecule has 1 heterocycles. The molecule has 1 aliphatic heterocycles. The lowest BCUT2D eigenvalue weighted by atomic mass is 9.88. The minimum absolute atomic E-state index is 0.236. The highest BCUT2D eigenvalue weighted by atomic mass is 32.2. The Morgan fingerprint density at radius 1 is 1.69 bits per heavy atom. The molecule has 2 N–H and O–H groups in total. The van der Waals surface area contributed by atoms with Crippen LogP contribution in [0, 0.1) is 5.41 Å². The van der Waals surface area contributed by atoms with Gasteiger partial charge in [0.2, 0.25) is 0 Å². The number of thioether (sulfide) groups is 1. The van der Waals surface area contributed by atoms with Crippen LogP contribution in [0.15, 0.2) is 10.6 Å². The van der Waals surface area contributed by atoms with Gasteiger partial charge < -0.3 is 4.79 Å². The van der Waals surface area contributed by atoms with E-state index in [0.29, 0.717) is 0 Å². The molecule has 0 aromatic rings. The second kappa shape index (κ2) is 3.72. The molecule has 0 aromatic heterocycles. The minimum Gasteiger partial charge on any atom is -0.303 e. The molecule has 0 aliphatic carbocycles. The average Bonchev–Trinajstić information content (AvgIpc) is 2.47. The summed E-state index contributed by atoms with van der Waals surface area (Å²) >= 11 is 1.54. The number of hydroxylamine groups is 1. The van der Waals surface area contributed by atoms with Gasteiger partial charge in [0.05, 0.1) is 5.03 Å². The Balaban J connectivity index is 2.69. The van der Waals surface area contributed by atoms with Gasteiger partial charge in [-0.15, -0.1) is 11.8 Å². The Morgan fingerprint density at radius 3 is 2.69 bits per heavy atom. The van der Waals surface area contributed by atoms with E-state index in [1.165, 1.54) is 11.8 Å². The van der Waals surface area contributed by atoms with Gasteiger partial charge >= 0.3 is 0 Å². The summed E-state index contributed by atoms with van der Waals surface area (Å²) in [5.41, 5.74) is 2.96. The minimum atomic E-state index is -0.329. The van der Waals surface area contributed by atoms with Gasteiger partial charge in [-0.1, -0.05) is 13.8 Å². The molecule has 0 fully saturated rings. The predicted octanol–water partition coefficient (Wildman–Crippen LogP) is 1.93. The molecule has 3 nitrogen and oxygen atoms in total. The Kier molecular flexibility index (Phi) is 3.03. The maximum Gasteiger partial charge on any atom is 0.126 e. The number of allylic oxidation sites excluding steroid dienone is 1. The van der Waals surface area contributed by atoms with Crippen LogP contribution < -0.4 is 5.48 Å². The van der Waals surface area contributed by atoms with E-state index in [1.807, 2.05) is 20.8 Å². The van der Waals surface area contributed by atoms with Crippen LogP contribution in [-0.2, 0) is 4.79 Å². The van der Waals surface area contributed by atoms with Crippen LogP contribution >= 0.6 is 11.8 Å². The fraction of sp³-hybridized carbons (Fsp3) is 0.667. The predicted molar refractivity (Wildman–Crippen MR) is 53.5 cm³/mol. The first-order valence-corrected chi connectivity index (χ1v) is 5.12. The lowest BCUT2D eigenvalue weighted by Crippen LogP contribution is -2.26. The molecule has 0 saturated carbocycles. The maximum atomic E-state index is 10.8. The van der Waals surface area contributed by atoms with Crippen molar-refractivity contribution in [1.82, 2.24) is 5.48 Å². The van der Waals surface area contributed by atoms with Gasteiger partial charge in [-0.25, -0.2) is 0 Å². The van der Waals surface area contributed by atoms with E-state index in [4.69, 9.17) is 5.21 Å². The Hall–Kier alpha value is -0.480. The van der Waals surface area contributed by atoms with Crippen LogP contribution in [-0.4, -0.2) is 16.7 Å². The van der Waals surface area contributed by atoms with Crippen molar-refractivity contribution in [3.05, 3.63) is 10.6 Å². The number of rotatable bonds is 3. The molecule has 13 heavy (non-hydrogen) atoms. The summed E-state index contributed by atoms with van der Waals surface area (Å²) in [4.78, 5) is 10.8. The van der Waals surface area contributed by atoms with E-state index < -0.39 is 0 Å². The zero-order valence-corrected chi connectivity index (χ0v) is 8.94. The van der Waals surface area contributed by atoms with Crippen molar-refractivity contribution in [1.29, 1.82) is 0 Å². The maximum absolute atomic E-state index is 10.8. The molecule has 0 saturated heterocycles.